The SMILES string of the molecule is CCCCCCCCCCC.[Br][Al]([Br])[Br]. The van der Waals surface area contributed by atoms with E-state index in [0.29, 0.717) is 0 Å². The minimum absolute atomic E-state index is 0.701. The summed E-state index contributed by atoms with van der Waals surface area (Å²) in [6.45, 7) is 4.55. The van der Waals surface area contributed by atoms with E-state index in [-0.39, 0.29) is 0 Å². The summed E-state index contributed by atoms with van der Waals surface area (Å²) in [5.41, 5.74) is 0. The Morgan fingerprint density at radius 2 is 0.800 bits per heavy atom. The zero-order chi connectivity index (χ0) is 11.9. The molecule has 0 aromatic heterocycles. The van der Waals surface area contributed by atoms with Crippen LogP contribution in [-0.4, -0.2) is 8.67 Å². The van der Waals surface area contributed by atoms with Crippen LogP contribution in [0.3, 0.4) is 0 Å². The Bertz CT molecular complexity index is 89.1. The van der Waals surface area contributed by atoms with Gasteiger partial charge in [0.2, 0.25) is 0 Å². The summed E-state index contributed by atoms with van der Waals surface area (Å²) < 4.78 is 0. The first-order valence-electron chi connectivity index (χ1n) is 6.07. The fraction of sp³-hybridized carbons (Fsp3) is 1.00. The number of hydrogen-bond donors (Lipinski definition) is 0. The molecule has 0 radical (unpaired) electrons. The maximum absolute atomic E-state index is 3.24. The van der Waals surface area contributed by atoms with Gasteiger partial charge >= 0.3 is 8.67 Å². The standard InChI is InChI=1S/C11H24.Al.3BrH/c1-3-5-7-9-11-10-8-6-4-2;;;;/h3-11H2,1-2H3;;3*1H/q;+3;;;/p-3. The second-order valence-electron chi connectivity index (χ2n) is 3.72. The van der Waals surface area contributed by atoms with Crippen molar-refractivity contribution in [2.75, 3.05) is 0 Å². The van der Waals surface area contributed by atoms with Crippen molar-refractivity contribution in [3.63, 3.8) is 0 Å². The highest BCUT2D eigenvalue weighted by atomic mass is 80.0. The molecule has 0 amide bonds. The lowest BCUT2D eigenvalue weighted by molar-refractivity contribution is 0.572. The van der Waals surface area contributed by atoms with Crippen molar-refractivity contribution < 1.29 is 0 Å². The van der Waals surface area contributed by atoms with E-state index in [1.165, 1.54) is 57.8 Å². The molecule has 0 fully saturated rings. The molecule has 0 heterocycles. The van der Waals surface area contributed by atoms with Gasteiger partial charge < -0.3 is 0 Å². The first-order valence-corrected chi connectivity index (χ1v) is 15.6. The van der Waals surface area contributed by atoms with E-state index >= 15 is 0 Å². The van der Waals surface area contributed by atoms with Crippen LogP contribution in [-0.2, 0) is 0 Å². The van der Waals surface area contributed by atoms with Crippen LogP contribution in [0, 0.1) is 0 Å². The maximum atomic E-state index is 3.24. The van der Waals surface area contributed by atoms with Gasteiger partial charge in [-0.3, -0.25) is 0 Å². The smallest absolute Gasteiger partial charge is 0.181 e. The predicted octanol–water partition coefficient (Wildman–Crippen LogP) is 6.69. The summed E-state index contributed by atoms with van der Waals surface area (Å²) >= 11 is 9.73. The highest BCUT2D eigenvalue weighted by molar-refractivity contribution is 9.69. The molecule has 0 saturated carbocycles. The van der Waals surface area contributed by atoms with Crippen LogP contribution in [0.4, 0.5) is 0 Å². The molecule has 0 atom stereocenters. The molecule has 0 N–H and O–H groups in total. The minimum atomic E-state index is -0.701. The van der Waals surface area contributed by atoms with Gasteiger partial charge in [0.1, 0.15) is 0 Å². The number of halogens is 3. The molecule has 0 bridgehead atoms. The summed E-state index contributed by atoms with van der Waals surface area (Å²) in [6.07, 6.45) is 13.0. The molecule has 0 saturated heterocycles. The lowest BCUT2D eigenvalue weighted by atomic mass is 10.1. The van der Waals surface area contributed by atoms with Crippen molar-refractivity contribution in [2.45, 2.75) is 71.6 Å². The van der Waals surface area contributed by atoms with Gasteiger partial charge in [-0.05, 0) is 0 Å². The first-order chi connectivity index (χ1) is 7.15. The van der Waals surface area contributed by atoms with Crippen molar-refractivity contribution in [3.05, 3.63) is 0 Å². The second kappa shape index (κ2) is 18.3. The van der Waals surface area contributed by atoms with Crippen LogP contribution in [0.25, 0.3) is 0 Å². The Morgan fingerprint density at radius 3 is 1.00 bits per heavy atom. The van der Waals surface area contributed by atoms with Gasteiger partial charge in [-0.25, -0.2) is 0 Å². The normalized spacial score (nSPS) is 9.40. The average Bonchev–Trinajstić information content (AvgIpc) is 2.16. The number of hydrogen-bond acceptors (Lipinski definition) is 0. The molecule has 0 aliphatic heterocycles. The van der Waals surface area contributed by atoms with Crippen LogP contribution in [0.5, 0.6) is 0 Å². The highest BCUT2D eigenvalue weighted by Gasteiger charge is 1.95. The average molecular weight is 423 g/mol. The molecule has 0 aliphatic carbocycles. The highest BCUT2D eigenvalue weighted by Crippen LogP contribution is 2.09. The third-order valence-electron chi connectivity index (χ3n) is 2.21. The Balaban J connectivity index is 0. The van der Waals surface area contributed by atoms with Gasteiger partial charge in [0.05, 0.1) is 0 Å². The van der Waals surface area contributed by atoms with Crippen molar-refractivity contribution in [1.29, 1.82) is 0 Å². The molecule has 0 aromatic rings. The Kier molecular flexibility index (Phi) is 23.6. The van der Waals surface area contributed by atoms with E-state index in [2.05, 4.69) is 56.0 Å². The second-order valence-corrected chi connectivity index (χ2v) is 23.5. The molecular weight excluding hydrogens is 399 g/mol. The van der Waals surface area contributed by atoms with Gasteiger partial charge in [0, 0.05) is 0 Å². The Labute approximate surface area is 121 Å². The minimum Gasteiger partial charge on any atom is -0.181 e. The number of rotatable bonds is 8. The third kappa shape index (κ3) is 31.4. The Hall–Kier alpha value is 1.97. The Morgan fingerprint density at radius 1 is 0.600 bits per heavy atom. The molecular formula is C11H24AlBr3. The zero-order valence-corrected chi connectivity index (χ0v) is 16.0. The zero-order valence-electron chi connectivity index (χ0n) is 10.1. The van der Waals surface area contributed by atoms with Gasteiger partial charge in [0.15, 0.2) is 0 Å². The third-order valence-corrected chi connectivity index (χ3v) is 2.21. The lowest BCUT2D eigenvalue weighted by Gasteiger charge is -1.98. The van der Waals surface area contributed by atoms with Gasteiger partial charge in [-0.1, -0.05) is 71.6 Å². The molecule has 0 spiro atoms. The fourth-order valence-corrected chi connectivity index (χ4v) is 1.38. The summed E-state index contributed by atoms with van der Waals surface area (Å²) in [6, 6.07) is 0. The van der Waals surface area contributed by atoms with Gasteiger partial charge in [0.25, 0.3) is 0 Å². The maximum Gasteiger partial charge on any atom is 0.542 e. The van der Waals surface area contributed by atoms with Crippen molar-refractivity contribution in [1.82, 2.24) is 0 Å². The van der Waals surface area contributed by atoms with Crippen molar-refractivity contribution in [2.24, 2.45) is 0 Å². The lowest BCUT2D eigenvalue weighted by Crippen LogP contribution is -1.79. The van der Waals surface area contributed by atoms with Crippen LogP contribution in [0.2, 0.25) is 0 Å². The van der Waals surface area contributed by atoms with E-state index in [1.807, 2.05) is 0 Å². The molecule has 0 aromatic carbocycles. The van der Waals surface area contributed by atoms with E-state index in [1.54, 1.807) is 0 Å². The molecule has 0 nitrogen and oxygen atoms in total. The van der Waals surface area contributed by atoms with E-state index in [4.69, 9.17) is 0 Å². The van der Waals surface area contributed by atoms with Crippen LogP contribution < -0.4 is 0 Å². The molecule has 4 heteroatoms. The molecule has 0 aliphatic rings. The molecule has 15 heavy (non-hydrogen) atoms. The molecule has 0 rings (SSSR count). The monoisotopic (exact) mass is 420 g/mol. The van der Waals surface area contributed by atoms with Crippen molar-refractivity contribution in [3.8, 4) is 0 Å². The topological polar surface area (TPSA) is 0 Å². The summed E-state index contributed by atoms with van der Waals surface area (Å²) in [5.74, 6) is 0. The van der Waals surface area contributed by atoms with E-state index < -0.39 is 8.67 Å². The quantitative estimate of drug-likeness (QED) is 0.302. The molecule has 0 unspecified atom stereocenters. The van der Waals surface area contributed by atoms with Crippen LogP contribution in [0.15, 0.2) is 0 Å². The predicted molar refractivity (Wildman–Crippen MR) is 85.4 cm³/mol. The summed E-state index contributed by atoms with van der Waals surface area (Å²) in [4.78, 5) is 0. The van der Waals surface area contributed by atoms with Crippen molar-refractivity contribution >= 4 is 50.8 Å². The van der Waals surface area contributed by atoms with Crippen LogP contribution >= 0.6 is 42.2 Å². The fourth-order valence-electron chi connectivity index (χ4n) is 1.38. The summed E-state index contributed by atoms with van der Waals surface area (Å²) in [5, 5.41) is 0. The van der Waals surface area contributed by atoms with Crippen LogP contribution in [0.1, 0.15) is 71.6 Å². The van der Waals surface area contributed by atoms with Gasteiger partial charge in [-0.2, -0.15) is 42.2 Å². The largest absolute Gasteiger partial charge is 0.542 e. The summed E-state index contributed by atoms with van der Waals surface area (Å²) in [7, 11) is -0.701. The molecule has 92 valence electrons. The first kappa shape index (κ1) is 19.3. The number of unbranched alkanes of at least 4 members (excludes halogenated alkanes) is 8. The van der Waals surface area contributed by atoms with E-state index in [9.17, 15) is 0 Å². The van der Waals surface area contributed by atoms with Gasteiger partial charge in [-0.15, -0.1) is 0 Å². The van der Waals surface area contributed by atoms with E-state index in [0.717, 1.165) is 0 Å².